The predicted octanol–water partition coefficient (Wildman–Crippen LogP) is 5.80. The topological polar surface area (TPSA) is 61.7 Å². The van der Waals surface area contributed by atoms with Crippen molar-refractivity contribution in [3.05, 3.63) is 105 Å². The Balaban J connectivity index is 1.21. The molecule has 0 atom stereocenters. The normalized spacial score (nSPS) is 13.5. The maximum absolute atomic E-state index is 13.4. The summed E-state index contributed by atoms with van der Waals surface area (Å²) in [5.41, 5.74) is 2.95. The van der Waals surface area contributed by atoms with Crippen molar-refractivity contribution in [3.63, 3.8) is 0 Å². The van der Waals surface area contributed by atoms with Gasteiger partial charge >= 0.3 is 0 Å². The highest BCUT2D eigenvalue weighted by atomic mass is 35.5. The van der Waals surface area contributed by atoms with Crippen molar-refractivity contribution >= 4 is 40.4 Å². The zero-order valence-corrected chi connectivity index (χ0v) is 23.9. The van der Waals surface area contributed by atoms with Crippen molar-refractivity contribution in [1.82, 2.24) is 19.4 Å². The van der Waals surface area contributed by atoms with Gasteiger partial charge in [0.2, 0.25) is 0 Å². The summed E-state index contributed by atoms with van der Waals surface area (Å²) in [4.78, 5) is 36.8. The summed E-state index contributed by atoms with van der Waals surface area (Å²) < 4.78 is 15.4. The van der Waals surface area contributed by atoms with Crippen molar-refractivity contribution in [2.24, 2.45) is 0 Å². The molecule has 1 aliphatic heterocycles. The number of aromatic nitrogens is 2. The van der Waals surface area contributed by atoms with E-state index in [0.29, 0.717) is 49.0 Å². The van der Waals surface area contributed by atoms with Crippen LogP contribution in [0.3, 0.4) is 0 Å². The maximum atomic E-state index is 13.4. The summed E-state index contributed by atoms with van der Waals surface area (Å²) in [5, 5.41) is 3.35. The molecule has 5 rings (SSSR count). The molecule has 2 aromatic heterocycles. The van der Waals surface area contributed by atoms with Crippen molar-refractivity contribution in [2.75, 3.05) is 37.6 Å². The van der Waals surface area contributed by atoms with Gasteiger partial charge in [-0.15, -0.1) is 11.3 Å². The highest BCUT2D eigenvalue weighted by Gasteiger charge is 2.24. The Bertz CT molecular complexity index is 1460. The highest BCUT2D eigenvalue weighted by Crippen LogP contribution is 2.22. The molecule has 1 fully saturated rings. The quantitative estimate of drug-likeness (QED) is 0.251. The van der Waals surface area contributed by atoms with E-state index in [1.165, 1.54) is 35.6 Å². The average Bonchev–Trinajstić information content (AvgIpc) is 3.62. The summed E-state index contributed by atoms with van der Waals surface area (Å²) in [6.07, 6.45) is 2.76. The number of piperazine rings is 1. The van der Waals surface area contributed by atoms with Crippen LogP contribution < -0.4 is 4.90 Å². The van der Waals surface area contributed by atoms with Crippen LogP contribution in [0.15, 0.2) is 72.2 Å². The van der Waals surface area contributed by atoms with Crippen LogP contribution in [0.2, 0.25) is 5.02 Å². The first-order chi connectivity index (χ1) is 19.4. The first kappa shape index (κ1) is 27.9. The van der Waals surface area contributed by atoms with E-state index in [4.69, 9.17) is 11.6 Å². The van der Waals surface area contributed by atoms with Gasteiger partial charge in [-0.05, 0) is 61.0 Å². The van der Waals surface area contributed by atoms with Gasteiger partial charge in [-0.2, -0.15) is 0 Å². The number of hydrogen-bond donors (Lipinski definition) is 0. The first-order valence-corrected chi connectivity index (χ1v) is 14.6. The minimum Gasteiger partial charge on any atom is -0.368 e. The number of amides is 2. The van der Waals surface area contributed by atoms with Crippen molar-refractivity contribution < 1.29 is 14.0 Å². The monoisotopic (exact) mass is 579 g/mol. The molecule has 0 aliphatic carbocycles. The predicted molar refractivity (Wildman–Crippen MR) is 157 cm³/mol. The second kappa shape index (κ2) is 12.7. The zero-order chi connectivity index (χ0) is 28.1. The molecule has 3 heterocycles. The van der Waals surface area contributed by atoms with Gasteiger partial charge in [-0.1, -0.05) is 24.6 Å². The zero-order valence-electron chi connectivity index (χ0n) is 22.3. The minimum atomic E-state index is -0.367. The standard InChI is InChI=1S/C30H31ClFN5O2S/c1-2-12-37(29(38)22-8-10-24(32)11-9-22)19-26-7-4-13-36(26)20-28-33-27(21-40-28)30(39)35-16-14-34(15-17-35)25-6-3-5-23(31)18-25/h3-11,13,18,21H,2,12,14-17,19-20H2,1H3. The summed E-state index contributed by atoms with van der Waals surface area (Å²) in [6, 6.07) is 17.4. The van der Waals surface area contributed by atoms with E-state index in [0.717, 1.165) is 35.9 Å². The maximum Gasteiger partial charge on any atom is 0.273 e. The second-order valence-electron chi connectivity index (χ2n) is 9.75. The molecule has 0 N–H and O–H groups in total. The smallest absolute Gasteiger partial charge is 0.273 e. The molecule has 0 radical (unpaired) electrons. The molecule has 40 heavy (non-hydrogen) atoms. The van der Waals surface area contributed by atoms with Crippen LogP contribution in [-0.4, -0.2) is 63.9 Å². The lowest BCUT2D eigenvalue weighted by molar-refractivity contribution is 0.0732. The van der Waals surface area contributed by atoms with Gasteiger partial charge in [-0.3, -0.25) is 9.59 Å². The summed E-state index contributed by atoms with van der Waals surface area (Å²) in [7, 11) is 0. The number of anilines is 1. The number of halogens is 2. The van der Waals surface area contributed by atoms with Gasteiger partial charge in [0.15, 0.2) is 0 Å². The van der Waals surface area contributed by atoms with Gasteiger partial charge in [0.1, 0.15) is 16.5 Å². The van der Waals surface area contributed by atoms with Crippen LogP contribution in [0.25, 0.3) is 0 Å². The number of carbonyl (C=O) groups excluding carboxylic acids is 2. The van der Waals surface area contributed by atoms with Gasteiger partial charge in [-0.25, -0.2) is 9.37 Å². The first-order valence-electron chi connectivity index (χ1n) is 13.3. The lowest BCUT2D eigenvalue weighted by Crippen LogP contribution is -2.48. The summed E-state index contributed by atoms with van der Waals surface area (Å²) >= 11 is 7.60. The number of nitrogens with zero attached hydrogens (tertiary/aromatic N) is 5. The van der Waals surface area contributed by atoms with E-state index < -0.39 is 0 Å². The van der Waals surface area contributed by atoms with Crippen molar-refractivity contribution in [2.45, 2.75) is 26.4 Å². The summed E-state index contributed by atoms with van der Waals surface area (Å²) in [5.74, 6) is -0.555. The lowest BCUT2D eigenvalue weighted by atomic mass is 10.2. The molecule has 2 amide bonds. The van der Waals surface area contributed by atoms with Gasteiger partial charge in [0.05, 0.1) is 13.1 Å². The Morgan fingerprint density at radius 2 is 1.82 bits per heavy atom. The van der Waals surface area contributed by atoms with E-state index >= 15 is 0 Å². The van der Waals surface area contributed by atoms with E-state index in [1.807, 2.05) is 59.8 Å². The number of thiazole rings is 1. The van der Waals surface area contributed by atoms with Gasteiger partial charge < -0.3 is 19.3 Å². The molecule has 7 nitrogen and oxygen atoms in total. The number of hydrogen-bond acceptors (Lipinski definition) is 5. The fraction of sp³-hybridized carbons (Fsp3) is 0.300. The van der Waals surface area contributed by atoms with Gasteiger partial charge in [0, 0.05) is 66.3 Å². The fourth-order valence-corrected chi connectivity index (χ4v) is 5.82. The van der Waals surface area contributed by atoms with Crippen LogP contribution in [-0.2, 0) is 13.1 Å². The molecule has 2 aromatic carbocycles. The Hall–Kier alpha value is -3.69. The number of rotatable bonds is 9. The SMILES string of the molecule is CCCN(Cc1cccn1Cc1nc(C(=O)N2CCN(c3cccc(Cl)c3)CC2)cs1)C(=O)c1ccc(F)cc1. The highest BCUT2D eigenvalue weighted by molar-refractivity contribution is 7.09. The number of benzene rings is 2. The lowest BCUT2D eigenvalue weighted by Gasteiger charge is -2.35. The second-order valence-corrected chi connectivity index (χ2v) is 11.1. The Labute approximate surface area is 242 Å². The van der Waals surface area contributed by atoms with E-state index in [1.54, 1.807) is 4.90 Å². The molecular weight excluding hydrogens is 549 g/mol. The molecular formula is C30H31ClFN5O2S. The molecule has 10 heteroatoms. The Morgan fingerprint density at radius 3 is 2.55 bits per heavy atom. The van der Waals surface area contributed by atoms with Crippen molar-refractivity contribution in [1.29, 1.82) is 0 Å². The Morgan fingerprint density at radius 1 is 1.05 bits per heavy atom. The van der Waals surface area contributed by atoms with Crippen LogP contribution >= 0.6 is 22.9 Å². The third kappa shape index (κ3) is 6.54. The van der Waals surface area contributed by atoms with Crippen LogP contribution in [0.4, 0.5) is 10.1 Å². The summed E-state index contributed by atoms with van der Waals surface area (Å²) in [6.45, 7) is 6.25. The van der Waals surface area contributed by atoms with E-state index in [-0.39, 0.29) is 17.6 Å². The largest absolute Gasteiger partial charge is 0.368 e. The molecule has 208 valence electrons. The molecule has 0 saturated carbocycles. The molecule has 1 aliphatic rings. The third-order valence-electron chi connectivity index (χ3n) is 6.97. The molecule has 0 bridgehead atoms. The van der Waals surface area contributed by atoms with E-state index in [2.05, 4.69) is 14.5 Å². The van der Waals surface area contributed by atoms with Crippen LogP contribution in [0, 0.1) is 5.82 Å². The van der Waals surface area contributed by atoms with Gasteiger partial charge in [0.25, 0.3) is 11.8 Å². The third-order valence-corrected chi connectivity index (χ3v) is 8.03. The van der Waals surface area contributed by atoms with Crippen molar-refractivity contribution in [3.8, 4) is 0 Å². The van der Waals surface area contributed by atoms with Crippen LogP contribution in [0.5, 0.6) is 0 Å². The Kier molecular flexibility index (Phi) is 8.81. The molecule has 1 saturated heterocycles. The molecule has 4 aromatic rings. The average molecular weight is 580 g/mol. The molecule has 0 unspecified atom stereocenters. The fourth-order valence-electron chi connectivity index (χ4n) is 4.87. The molecule has 0 spiro atoms. The number of carbonyl (C=O) groups is 2. The minimum absolute atomic E-state index is 0.0556. The van der Waals surface area contributed by atoms with Crippen LogP contribution in [0.1, 0.15) is 44.9 Å². The van der Waals surface area contributed by atoms with E-state index in [9.17, 15) is 14.0 Å².